The van der Waals surface area contributed by atoms with Gasteiger partial charge in [0.2, 0.25) is 0 Å². The van der Waals surface area contributed by atoms with Crippen LogP contribution in [0.2, 0.25) is 0 Å². The molecule has 1 fully saturated rings. The zero-order valence-electron chi connectivity index (χ0n) is 22.0. The molecule has 0 spiro atoms. The van der Waals surface area contributed by atoms with Crippen LogP contribution in [0.15, 0.2) is 62.7 Å². The summed E-state index contributed by atoms with van der Waals surface area (Å²) in [4.78, 5) is 42.4. The number of halogens is 1. The van der Waals surface area contributed by atoms with Gasteiger partial charge in [-0.2, -0.15) is 0 Å². The lowest BCUT2D eigenvalue weighted by Gasteiger charge is -2.37. The Morgan fingerprint density at radius 1 is 1.21 bits per heavy atom. The number of aliphatic carboxylic acids is 1. The van der Waals surface area contributed by atoms with Gasteiger partial charge >= 0.3 is 5.97 Å². The number of aromatic nitrogens is 4. The Balaban J connectivity index is 1.72. The highest BCUT2D eigenvalue weighted by Gasteiger charge is 2.60. The molecule has 5 rings (SSSR count). The maximum atomic E-state index is 14.5. The van der Waals surface area contributed by atoms with Crippen LogP contribution in [0.4, 0.5) is 0 Å². The summed E-state index contributed by atoms with van der Waals surface area (Å²) < 4.78 is 6.19. The molecule has 0 radical (unpaired) electrons. The molecule has 11 heteroatoms. The van der Waals surface area contributed by atoms with E-state index in [1.807, 2.05) is 11.4 Å². The van der Waals surface area contributed by atoms with E-state index >= 15 is 0 Å². The Hall–Kier alpha value is -3.44. The van der Waals surface area contributed by atoms with Gasteiger partial charge in [0.15, 0.2) is 0 Å². The van der Waals surface area contributed by atoms with Crippen LogP contribution in [0, 0.1) is 6.92 Å². The van der Waals surface area contributed by atoms with Crippen molar-refractivity contribution in [2.75, 3.05) is 0 Å². The van der Waals surface area contributed by atoms with Gasteiger partial charge in [-0.25, -0.2) is 9.78 Å². The highest BCUT2D eigenvalue weighted by Crippen LogP contribution is 2.53. The topological polar surface area (TPSA) is 122 Å². The number of hydrogen-bond donors (Lipinski definition) is 1. The minimum Gasteiger partial charge on any atom is -0.479 e. The molecule has 0 bridgehead atoms. The summed E-state index contributed by atoms with van der Waals surface area (Å²) in [7, 11) is 0. The fourth-order valence-corrected chi connectivity index (χ4v) is 6.95. The van der Waals surface area contributed by atoms with Gasteiger partial charge in [-0.1, -0.05) is 47.9 Å². The Labute approximate surface area is 238 Å². The molecule has 0 aliphatic carbocycles. The number of hydrogen-bond acceptors (Lipinski definition) is 8. The van der Waals surface area contributed by atoms with E-state index in [4.69, 9.17) is 4.52 Å². The lowest BCUT2D eigenvalue weighted by molar-refractivity contribution is -0.149. The molecule has 1 aromatic carbocycles. The third-order valence-corrected chi connectivity index (χ3v) is 8.48. The van der Waals surface area contributed by atoms with Crippen LogP contribution in [-0.2, 0) is 16.6 Å². The van der Waals surface area contributed by atoms with Crippen LogP contribution in [0.1, 0.15) is 77.9 Å². The van der Waals surface area contributed by atoms with Crippen molar-refractivity contribution in [2.45, 2.75) is 63.5 Å². The van der Waals surface area contributed by atoms with Gasteiger partial charge in [0.05, 0.1) is 22.9 Å². The number of carbonyl (C=O) groups excluding carboxylic acids is 1. The molecule has 1 saturated heterocycles. The van der Waals surface area contributed by atoms with Gasteiger partial charge in [0.1, 0.15) is 17.0 Å². The van der Waals surface area contributed by atoms with E-state index in [-0.39, 0.29) is 18.3 Å². The highest BCUT2D eigenvalue weighted by molar-refractivity contribution is 9.10. The van der Waals surface area contributed by atoms with Gasteiger partial charge in [-0.3, -0.25) is 14.8 Å². The lowest BCUT2D eigenvalue weighted by Crippen LogP contribution is -2.55. The summed E-state index contributed by atoms with van der Waals surface area (Å²) in [6.45, 7) is 8.03. The molecule has 0 saturated carbocycles. The minimum atomic E-state index is -1.62. The molecule has 1 N–H and O–H groups in total. The van der Waals surface area contributed by atoms with E-state index in [0.29, 0.717) is 28.4 Å². The lowest BCUT2D eigenvalue weighted by atomic mass is 9.85. The number of aryl methyl sites for hydroxylation is 1. The predicted octanol–water partition coefficient (Wildman–Crippen LogP) is 5.73. The average Bonchev–Trinajstić information content (AvgIpc) is 3.63. The molecule has 3 atom stereocenters. The number of rotatable bonds is 6. The van der Waals surface area contributed by atoms with Crippen molar-refractivity contribution in [3.05, 3.63) is 92.2 Å². The largest absolute Gasteiger partial charge is 0.479 e. The second-order valence-corrected chi connectivity index (χ2v) is 12.4. The first-order valence-electron chi connectivity index (χ1n) is 12.4. The van der Waals surface area contributed by atoms with Crippen molar-refractivity contribution in [1.82, 2.24) is 25.0 Å². The van der Waals surface area contributed by atoms with E-state index in [2.05, 4.69) is 56.8 Å². The van der Waals surface area contributed by atoms with Crippen molar-refractivity contribution in [3.8, 4) is 0 Å². The van der Waals surface area contributed by atoms with Crippen LogP contribution in [0.5, 0.6) is 0 Å². The number of nitrogens with zero attached hydrogens (tertiary/aromatic N) is 5. The zero-order valence-corrected chi connectivity index (χ0v) is 24.4. The van der Waals surface area contributed by atoms with Crippen LogP contribution in [0.3, 0.4) is 0 Å². The molecular formula is C28H28BrN5O4S. The van der Waals surface area contributed by atoms with E-state index in [1.54, 1.807) is 49.2 Å². The summed E-state index contributed by atoms with van der Waals surface area (Å²) in [6, 6.07) is 6.41. The summed E-state index contributed by atoms with van der Waals surface area (Å²) in [5.74, 6) is -1.49. The Kier molecular flexibility index (Phi) is 7.15. The second-order valence-electron chi connectivity index (χ2n) is 10.9. The van der Waals surface area contributed by atoms with Crippen molar-refractivity contribution < 1.29 is 19.2 Å². The molecule has 3 aromatic heterocycles. The first-order valence-corrected chi connectivity index (χ1v) is 14.2. The monoisotopic (exact) mass is 609 g/mol. The molecule has 39 heavy (non-hydrogen) atoms. The SMILES string of the molecule is Cc1cc([C@H]2[C@@H](c3cnccn3)C[C@@](Cc3cscn3)(C(=O)O)N2C(=O)c2ccc(C(C)(C)C)c(Br)c2)no1. The molecule has 4 aromatic rings. The quantitative estimate of drug-likeness (QED) is 0.294. The van der Waals surface area contributed by atoms with Crippen LogP contribution >= 0.6 is 27.3 Å². The van der Waals surface area contributed by atoms with E-state index < -0.39 is 29.4 Å². The van der Waals surface area contributed by atoms with E-state index in [9.17, 15) is 14.7 Å². The number of likely N-dealkylation sites (tertiary alicyclic amines) is 1. The fourth-order valence-electron chi connectivity index (χ4n) is 5.42. The number of carboxylic acid groups (broad SMARTS) is 1. The molecule has 4 heterocycles. The van der Waals surface area contributed by atoms with Crippen LogP contribution in [-0.4, -0.2) is 47.5 Å². The number of benzene rings is 1. The molecular weight excluding hydrogens is 582 g/mol. The minimum absolute atomic E-state index is 0.0307. The average molecular weight is 611 g/mol. The second kappa shape index (κ2) is 10.3. The fraction of sp³-hybridized carbons (Fsp3) is 0.357. The maximum Gasteiger partial charge on any atom is 0.330 e. The van der Waals surface area contributed by atoms with Gasteiger partial charge in [0, 0.05) is 52.4 Å². The smallest absolute Gasteiger partial charge is 0.330 e. The first-order chi connectivity index (χ1) is 18.5. The number of carbonyl (C=O) groups is 2. The van der Waals surface area contributed by atoms with Gasteiger partial charge in [0.25, 0.3) is 5.91 Å². The standard InChI is InChI=1S/C28H28BrN5O4S/c1-16-9-22(33-38-16)24-19(23-13-30-7-8-31-23)12-28(26(36)37,11-18-14-39-15-32-18)34(24)25(35)17-5-6-20(21(29)10-17)27(2,3)4/h5-10,13-15,19,24H,11-12H2,1-4H3,(H,36,37)/t19-,24-,28+/m1/s1. The summed E-state index contributed by atoms with van der Waals surface area (Å²) in [5, 5.41) is 16.9. The van der Waals surface area contributed by atoms with E-state index in [0.717, 1.165) is 10.0 Å². The number of thiazole rings is 1. The van der Waals surface area contributed by atoms with E-state index in [1.165, 1.54) is 16.2 Å². The van der Waals surface area contributed by atoms with Crippen LogP contribution in [0.25, 0.3) is 0 Å². The Morgan fingerprint density at radius 2 is 2.00 bits per heavy atom. The highest BCUT2D eigenvalue weighted by atomic mass is 79.9. The molecule has 1 aliphatic rings. The molecule has 9 nitrogen and oxygen atoms in total. The van der Waals surface area contributed by atoms with Gasteiger partial charge in [-0.05, 0) is 36.5 Å². The third-order valence-electron chi connectivity index (χ3n) is 7.19. The Morgan fingerprint density at radius 3 is 2.56 bits per heavy atom. The molecule has 1 amide bonds. The van der Waals surface area contributed by atoms with Crippen molar-refractivity contribution in [1.29, 1.82) is 0 Å². The zero-order chi connectivity index (χ0) is 27.9. The number of carboxylic acids is 1. The first kappa shape index (κ1) is 27.1. The normalized spacial score (nSPS) is 21.3. The Bertz CT molecular complexity index is 1500. The van der Waals surface area contributed by atoms with Crippen LogP contribution < -0.4 is 0 Å². The summed E-state index contributed by atoms with van der Waals surface area (Å²) in [5.41, 5.74) is 2.92. The maximum absolute atomic E-state index is 14.5. The summed E-state index contributed by atoms with van der Waals surface area (Å²) in [6.07, 6.45) is 4.87. The molecule has 202 valence electrons. The van der Waals surface area contributed by atoms with Gasteiger partial charge in [-0.15, -0.1) is 11.3 Å². The molecule has 0 unspecified atom stereocenters. The molecule has 1 aliphatic heterocycles. The predicted molar refractivity (Wildman–Crippen MR) is 149 cm³/mol. The van der Waals surface area contributed by atoms with Crippen molar-refractivity contribution >= 4 is 39.1 Å². The summed E-state index contributed by atoms with van der Waals surface area (Å²) >= 11 is 5.02. The third kappa shape index (κ3) is 5.00. The number of amides is 1. The van der Waals surface area contributed by atoms with Crippen molar-refractivity contribution in [2.24, 2.45) is 0 Å². The van der Waals surface area contributed by atoms with Crippen molar-refractivity contribution in [3.63, 3.8) is 0 Å². The van der Waals surface area contributed by atoms with Gasteiger partial charge < -0.3 is 14.5 Å².